The van der Waals surface area contributed by atoms with Crippen molar-refractivity contribution in [2.24, 2.45) is 0 Å². The van der Waals surface area contributed by atoms with Crippen LogP contribution < -0.4 is 0 Å². The summed E-state index contributed by atoms with van der Waals surface area (Å²) in [5.41, 5.74) is 0. The van der Waals surface area contributed by atoms with E-state index in [1.54, 1.807) is 11.0 Å². The summed E-state index contributed by atoms with van der Waals surface area (Å²) in [6, 6.07) is 0. The predicted octanol–water partition coefficient (Wildman–Crippen LogP) is 1.14. The van der Waals surface area contributed by atoms with Crippen LogP contribution in [0.25, 0.3) is 0 Å². The lowest BCUT2D eigenvalue weighted by Gasteiger charge is -2.21. The molecule has 50 valence electrons. The minimum absolute atomic E-state index is 0.156. The summed E-state index contributed by atoms with van der Waals surface area (Å²) < 4.78 is 0. The maximum atomic E-state index is 10.6. The molecule has 1 aliphatic heterocycles. The second kappa shape index (κ2) is 2.67. The number of carbonyl (C=O) groups is 1. The van der Waals surface area contributed by atoms with Crippen molar-refractivity contribution >= 4 is 5.91 Å². The zero-order valence-electron chi connectivity index (χ0n) is 5.63. The van der Waals surface area contributed by atoms with Crippen LogP contribution in [0.15, 0.2) is 12.3 Å². The summed E-state index contributed by atoms with van der Waals surface area (Å²) >= 11 is 0. The van der Waals surface area contributed by atoms with Crippen molar-refractivity contribution in [3.63, 3.8) is 0 Å². The van der Waals surface area contributed by atoms with Crippen molar-refractivity contribution in [2.75, 3.05) is 6.54 Å². The van der Waals surface area contributed by atoms with E-state index in [4.69, 9.17) is 0 Å². The van der Waals surface area contributed by atoms with Crippen molar-refractivity contribution in [2.45, 2.75) is 19.8 Å². The molecule has 0 aliphatic carbocycles. The van der Waals surface area contributed by atoms with Crippen molar-refractivity contribution in [3.05, 3.63) is 12.3 Å². The zero-order valence-corrected chi connectivity index (χ0v) is 5.63. The SMILES string of the molecule is CCCCN1C=CC1=O. The normalized spacial score (nSPS) is 16.1. The van der Waals surface area contributed by atoms with Gasteiger partial charge < -0.3 is 4.90 Å². The summed E-state index contributed by atoms with van der Waals surface area (Å²) in [6.07, 6.45) is 5.68. The first-order valence-corrected chi connectivity index (χ1v) is 3.33. The number of nitrogens with zero attached hydrogens (tertiary/aromatic N) is 1. The van der Waals surface area contributed by atoms with Gasteiger partial charge >= 0.3 is 0 Å². The van der Waals surface area contributed by atoms with Gasteiger partial charge in [-0.05, 0) is 6.42 Å². The third-order valence-corrected chi connectivity index (χ3v) is 1.43. The van der Waals surface area contributed by atoms with E-state index in [0.717, 1.165) is 19.4 Å². The topological polar surface area (TPSA) is 20.3 Å². The molecule has 0 spiro atoms. The molecule has 0 N–H and O–H groups in total. The first-order chi connectivity index (χ1) is 4.34. The van der Waals surface area contributed by atoms with Crippen molar-refractivity contribution in [1.29, 1.82) is 0 Å². The van der Waals surface area contributed by atoms with Gasteiger partial charge in [0.15, 0.2) is 0 Å². The van der Waals surface area contributed by atoms with Gasteiger partial charge in [0.05, 0.1) is 0 Å². The van der Waals surface area contributed by atoms with E-state index in [1.807, 2.05) is 6.20 Å². The highest BCUT2D eigenvalue weighted by molar-refractivity contribution is 5.93. The monoisotopic (exact) mass is 125 g/mol. The molecule has 0 radical (unpaired) electrons. The van der Waals surface area contributed by atoms with Crippen LogP contribution in [0.2, 0.25) is 0 Å². The Hall–Kier alpha value is -0.790. The average molecular weight is 125 g/mol. The minimum atomic E-state index is 0.156. The van der Waals surface area contributed by atoms with Crippen molar-refractivity contribution in [3.8, 4) is 0 Å². The molecular weight excluding hydrogens is 114 g/mol. The number of unbranched alkanes of at least 4 members (excludes halogenated alkanes) is 1. The molecule has 0 aromatic heterocycles. The summed E-state index contributed by atoms with van der Waals surface area (Å²) in [7, 11) is 0. The Morgan fingerprint density at radius 2 is 2.44 bits per heavy atom. The molecule has 0 bridgehead atoms. The van der Waals surface area contributed by atoms with Crippen molar-refractivity contribution in [1.82, 2.24) is 4.90 Å². The smallest absolute Gasteiger partial charge is 0.251 e. The molecule has 0 saturated carbocycles. The van der Waals surface area contributed by atoms with Crippen molar-refractivity contribution < 1.29 is 4.79 Å². The van der Waals surface area contributed by atoms with Crippen LogP contribution in [0, 0.1) is 0 Å². The highest BCUT2D eigenvalue weighted by Gasteiger charge is 2.13. The van der Waals surface area contributed by atoms with E-state index in [2.05, 4.69) is 6.92 Å². The van der Waals surface area contributed by atoms with E-state index in [-0.39, 0.29) is 5.91 Å². The van der Waals surface area contributed by atoms with Gasteiger partial charge in [0, 0.05) is 18.8 Å². The lowest BCUT2D eigenvalue weighted by atomic mass is 10.2. The Balaban J connectivity index is 2.16. The van der Waals surface area contributed by atoms with Crippen LogP contribution >= 0.6 is 0 Å². The molecule has 0 unspecified atom stereocenters. The highest BCUT2D eigenvalue weighted by Crippen LogP contribution is 2.05. The molecule has 0 aromatic rings. The van der Waals surface area contributed by atoms with Gasteiger partial charge in [0.25, 0.3) is 5.91 Å². The lowest BCUT2D eigenvalue weighted by molar-refractivity contribution is -0.126. The highest BCUT2D eigenvalue weighted by atomic mass is 16.2. The maximum absolute atomic E-state index is 10.6. The maximum Gasteiger partial charge on any atom is 0.251 e. The lowest BCUT2D eigenvalue weighted by Crippen LogP contribution is -2.31. The number of rotatable bonds is 3. The Bertz CT molecular complexity index is 140. The minimum Gasteiger partial charge on any atom is -0.315 e. The molecule has 0 fully saturated rings. The van der Waals surface area contributed by atoms with Crippen LogP contribution in [0.3, 0.4) is 0 Å². The van der Waals surface area contributed by atoms with Crippen LogP contribution in [-0.4, -0.2) is 17.4 Å². The molecule has 2 nitrogen and oxygen atoms in total. The third-order valence-electron chi connectivity index (χ3n) is 1.43. The number of hydrogen-bond acceptors (Lipinski definition) is 1. The molecule has 2 heteroatoms. The van der Waals surface area contributed by atoms with Gasteiger partial charge in [-0.3, -0.25) is 4.79 Å². The van der Waals surface area contributed by atoms with Crippen LogP contribution in [-0.2, 0) is 4.79 Å². The standard InChI is InChI=1S/C7H11NO/c1-2-3-5-8-6-4-7(8)9/h4,6H,2-3,5H2,1H3. The number of amides is 1. The molecule has 1 heterocycles. The molecule has 0 saturated heterocycles. The average Bonchev–Trinajstić information content (AvgIpc) is 1.86. The van der Waals surface area contributed by atoms with Gasteiger partial charge in [-0.15, -0.1) is 0 Å². The molecule has 1 rings (SSSR count). The largest absolute Gasteiger partial charge is 0.315 e. The van der Waals surface area contributed by atoms with Gasteiger partial charge in [0.2, 0.25) is 0 Å². The number of hydrogen-bond donors (Lipinski definition) is 0. The van der Waals surface area contributed by atoms with E-state index >= 15 is 0 Å². The van der Waals surface area contributed by atoms with Gasteiger partial charge in [0.1, 0.15) is 0 Å². The molecule has 1 aliphatic rings. The number of carbonyl (C=O) groups excluding carboxylic acids is 1. The Labute approximate surface area is 55.2 Å². The fourth-order valence-electron chi connectivity index (χ4n) is 0.754. The quantitative estimate of drug-likeness (QED) is 0.554. The molecule has 0 aromatic carbocycles. The molecular formula is C7H11NO. The third kappa shape index (κ3) is 1.31. The summed E-state index contributed by atoms with van der Waals surface area (Å²) in [6.45, 7) is 3.01. The fourth-order valence-corrected chi connectivity index (χ4v) is 0.754. The molecule has 0 atom stereocenters. The van der Waals surface area contributed by atoms with Gasteiger partial charge in [-0.1, -0.05) is 13.3 Å². The second-order valence-electron chi connectivity index (χ2n) is 2.20. The van der Waals surface area contributed by atoms with E-state index in [1.165, 1.54) is 0 Å². The first kappa shape index (κ1) is 6.33. The van der Waals surface area contributed by atoms with E-state index in [9.17, 15) is 4.79 Å². The Morgan fingerprint density at radius 3 is 2.78 bits per heavy atom. The predicted molar refractivity (Wildman–Crippen MR) is 35.8 cm³/mol. The van der Waals surface area contributed by atoms with E-state index in [0.29, 0.717) is 0 Å². The van der Waals surface area contributed by atoms with Gasteiger partial charge in [-0.25, -0.2) is 0 Å². The Morgan fingerprint density at radius 1 is 1.67 bits per heavy atom. The Kier molecular flexibility index (Phi) is 1.88. The van der Waals surface area contributed by atoms with Crippen LogP contribution in [0.4, 0.5) is 0 Å². The van der Waals surface area contributed by atoms with Crippen LogP contribution in [0.1, 0.15) is 19.8 Å². The fraction of sp³-hybridized carbons (Fsp3) is 0.571. The van der Waals surface area contributed by atoms with Gasteiger partial charge in [-0.2, -0.15) is 0 Å². The second-order valence-corrected chi connectivity index (χ2v) is 2.20. The summed E-state index contributed by atoms with van der Waals surface area (Å²) in [4.78, 5) is 12.3. The first-order valence-electron chi connectivity index (χ1n) is 3.33. The zero-order chi connectivity index (χ0) is 6.69. The summed E-state index contributed by atoms with van der Waals surface area (Å²) in [5, 5.41) is 0. The van der Waals surface area contributed by atoms with Crippen LogP contribution in [0.5, 0.6) is 0 Å². The summed E-state index contributed by atoms with van der Waals surface area (Å²) in [5.74, 6) is 0.156. The molecule has 1 amide bonds. The molecule has 9 heavy (non-hydrogen) atoms. The van der Waals surface area contributed by atoms with E-state index < -0.39 is 0 Å².